The van der Waals surface area contributed by atoms with Crippen molar-refractivity contribution in [1.82, 2.24) is 4.90 Å². The van der Waals surface area contributed by atoms with E-state index in [1.807, 2.05) is 43.0 Å². The molecule has 0 aromatic heterocycles. The predicted octanol–water partition coefficient (Wildman–Crippen LogP) is 4.32. The van der Waals surface area contributed by atoms with Crippen molar-refractivity contribution in [2.24, 2.45) is 5.92 Å². The Morgan fingerprint density at radius 3 is 2.30 bits per heavy atom. The molecular formula is C22H25Cl2N3O3. The van der Waals surface area contributed by atoms with Crippen LogP contribution in [0.2, 0.25) is 10.0 Å². The minimum atomic E-state index is -0.283. The normalized spacial score (nSPS) is 14.0. The molecule has 8 heteroatoms. The summed E-state index contributed by atoms with van der Waals surface area (Å²) in [7, 11) is 0. The molecule has 2 amide bonds. The number of carbonyl (C=O) groups is 2. The van der Waals surface area contributed by atoms with Crippen LogP contribution in [0.3, 0.4) is 0 Å². The summed E-state index contributed by atoms with van der Waals surface area (Å²) in [5, 5.41) is 3.66. The number of ether oxygens (including phenoxy) is 1. The van der Waals surface area contributed by atoms with Gasteiger partial charge in [0.25, 0.3) is 5.91 Å². The second-order valence-corrected chi connectivity index (χ2v) is 8.27. The summed E-state index contributed by atoms with van der Waals surface area (Å²) in [4.78, 5) is 28.4. The van der Waals surface area contributed by atoms with E-state index in [1.165, 1.54) is 0 Å². The number of piperazine rings is 1. The fourth-order valence-corrected chi connectivity index (χ4v) is 3.70. The van der Waals surface area contributed by atoms with Crippen LogP contribution in [-0.2, 0) is 9.59 Å². The molecule has 0 saturated carbocycles. The highest BCUT2D eigenvalue weighted by molar-refractivity contribution is 6.35. The number of benzene rings is 2. The lowest BCUT2D eigenvalue weighted by Gasteiger charge is -2.37. The highest BCUT2D eigenvalue weighted by atomic mass is 35.5. The van der Waals surface area contributed by atoms with Gasteiger partial charge < -0.3 is 19.9 Å². The molecule has 1 saturated heterocycles. The van der Waals surface area contributed by atoms with E-state index in [-0.39, 0.29) is 24.3 Å². The Morgan fingerprint density at radius 2 is 1.70 bits per heavy atom. The van der Waals surface area contributed by atoms with Crippen LogP contribution in [0.15, 0.2) is 42.5 Å². The van der Waals surface area contributed by atoms with E-state index in [0.717, 1.165) is 31.9 Å². The molecule has 30 heavy (non-hydrogen) atoms. The number of carbonyl (C=O) groups excluding carboxylic acids is 2. The topological polar surface area (TPSA) is 61.9 Å². The Balaban J connectivity index is 1.48. The van der Waals surface area contributed by atoms with Gasteiger partial charge in [-0.1, -0.05) is 37.0 Å². The Bertz CT molecular complexity index is 895. The van der Waals surface area contributed by atoms with Gasteiger partial charge in [0.2, 0.25) is 5.91 Å². The van der Waals surface area contributed by atoms with E-state index >= 15 is 0 Å². The third-order valence-electron chi connectivity index (χ3n) is 4.85. The molecule has 1 heterocycles. The van der Waals surface area contributed by atoms with Crippen molar-refractivity contribution in [1.29, 1.82) is 0 Å². The molecule has 0 bridgehead atoms. The average molecular weight is 450 g/mol. The lowest BCUT2D eigenvalue weighted by molar-refractivity contribution is -0.134. The maximum atomic E-state index is 12.2. The maximum absolute atomic E-state index is 12.2. The summed E-state index contributed by atoms with van der Waals surface area (Å²) in [6.45, 7) is 6.72. The number of nitrogens with one attached hydrogen (secondary N) is 1. The largest absolute Gasteiger partial charge is 0.482 e. The van der Waals surface area contributed by atoms with Gasteiger partial charge in [0.15, 0.2) is 6.61 Å². The number of hydrogen-bond donors (Lipinski definition) is 1. The first-order valence-electron chi connectivity index (χ1n) is 9.85. The van der Waals surface area contributed by atoms with Crippen molar-refractivity contribution in [3.8, 4) is 5.75 Å². The van der Waals surface area contributed by atoms with Crippen molar-refractivity contribution < 1.29 is 14.3 Å². The molecule has 0 atom stereocenters. The van der Waals surface area contributed by atoms with Gasteiger partial charge in [-0.15, -0.1) is 0 Å². The molecule has 0 spiro atoms. The lowest BCUT2D eigenvalue weighted by atomic mass is 10.1. The van der Waals surface area contributed by atoms with Gasteiger partial charge in [-0.2, -0.15) is 0 Å². The minimum Gasteiger partial charge on any atom is -0.482 e. The van der Waals surface area contributed by atoms with Gasteiger partial charge >= 0.3 is 0 Å². The number of rotatable bonds is 6. The molecule has 1 aliphatic heterocycles. The molecule has 1 aliphatic rings. The number of halogens is 2. The summed E-state index contributed by atoms with van der Waals surface area (Å²) in [6, 6.07) is 12.5. The van der Waals surface area contributed by atoms with E-state index in [4.69, 9.17) is 27.9 Å². The van der Waals surface area contributed by atoms with E-state index in [1.54, 1.807) is 18.2 Å². The number of hydrogen-bond acceptors (Lipinski definition) is 4. The van der Waals surface area contributed by atoms with Crippen LogP contribution in [-0.4, -0.2) is 49.5 Å². The predicted molar refractivity (Wildman–Crippen MR) is 121 cm³/mol. The van der Waals surface area contributed by atoms with Crippen molar-refractivity contribution in [2.75, 3.05) is 43.0 Å². The fraction of sp³-hybridized carbons (Fsp3) is 0.364. The van der Waals surface area contributed by atoms with Crippen LogP contribution in [0.4, 0.5) is 11.4 Å². The molecule has 0 aliphatic carbocycles. The fourth-order valence-electron chi connectivity index (χ4n) is 3.24. The van der Waals surface area contributed by atoms with Crippen LogP contribution in [0.1, 0.15) is 13.8 Å². The Morgan fingerprint density at radius 1 is 1.03 bits per heavy atom. The van der Waals surface area contributed by atoms with Crippen LogP contribution >= 0.6 is 23.2 Å². The van der Waals surface area contributed by atoms with Crippen molar-refractivity contribution in [3.63, 3.8) is 0 Å². The molecule has 2 aromatic carbocycles. The molecule has 1 N–H and O–H groups in total. The summed E-state index contributed by atoms with van der Waals surface area (Å²) < 4.78 is 5.45. The van der Waals surface area contributed by atoms with Crippen LogP contribution in [0.25, 0.3) is 0 Å². The van der Waals surface area contributed by atoms with E-state index in [0.29, 0.717) is 21.5 Å². The van der Waals surface area contributed by atoms with Gasteiger partial charge in [0.1, 0.15) is 5.75 Å². The summed E-state index contributed by atoms with van der Waals surface area (Å²) in [5.74, 6) is 0.352. The van der Waals surface area contributed by atoms with Gasteiger partial charge in [0, 0.05) is 48.5 Å². The Kier molecular flexibility index (Phi) is 7.45. The molecule has 1 fully saturated rings. The van der Waals surface area contributed by atoms with Crippen molar-refractivity contribution >= 4 is 46.4 Å². The third-order valence-corrected chi connectivity index (χ3v) is 5.38. The lowest BCUT2D eigenvalue weighted by Crippen LogP contribution is -2.49. The molecule has 2 aromatic rings. The molecule has 6 nitrogen and oxygen atoms in total. The van der Waals surface area contributed by atoms with Crippen LogP contribution < -0.4 is 15.0 Å². The summed E-state index contributed by atoms with van der Waals surface area (Å²) in [5.41, 5.74) is 1.75. The number of nitrogens with zero attached hydrogens (tertiary/aromatic N) is 2. The Labute approximate surface area is 186 Å². The quantitative estimate of drug-likeness (QED) is 0.713. The molecular weight excluding hydrogens is 425 g/mol. The minimum absolute atomic E-state index is 0.0270. The van der Waals surface area contributed by atoms with Crippen molar-refractivity contribution in [2.45, 2.75) is 13.8 Å². The highest BCUT2D eigenvalue weighted by Gasteiger charge is 2.22. The van der Waals surface area contributed by atoms with Crippen LogP contribution in [0, 0.1) is 5.92 Å². The van der Waals surface area contributed by atoms with Crippen LogP contribution in [0.5, 0.6) is 5.75 Å². The van der Waals surface area contributed by atoms with Crippen molar-refractivity contribution in [3.05, 3.63) is 52.5 Å². The zero-order valence-electron chi connectivity index (χ0n) is 17.0. The summed E-state index contributed by atoms with van der Waals surface area (Å²) >= 11 is 11.9. The third kappa shape index (κ3) is 5.80. The van der Waals surface area contributed by atoms with Gasteiger partial charge in [-0.05, 0) is 42.5 Å². The molecule has 0 unspecified atom stereocenters. The number of amides is 2. The second-order valence-electron chi connectivity index (χ2n) is 7.43. The molecule has 3 rings (SSSR count). The van der Waals surface area contributed by atoms with Gasteiger partial charge in [-0.3, -0.25) is 9.59 Å². The van der Waals surface area contributed by atoms with E-state index < -0.39 is 0 Å². The monoisotopic (exact) mass is 449 g/mol. The van der Waals surface area contributed by atoms with Gasteiger partial charge in [0.05, 0.1) is 5.02 Å². The first-order valence-corrected chi connectivity index (χ1v) is 10.6. The first-order chi connectivity index (χ1) is 14.3. The van der Waals surface area contributed by atoms with Gasteiger partial charge in [-0.25, -0.2) is 0 Å². The highest BCUT2D eigenvalue weighted by Crippen LogP contribution is 2.27. The molecule has 160 valence electrons. The average Bonchev–Trinajstić information content (AvgIpc) is 2.73. The summed E-state index contributed by atoms with van der Waals surface area (Å²) in [6.07, 6.45) is 0. The Hall–Kier alpha value is -2.44. The van der Waals surface area contributed by atoms with E-state index in [9.17, 15) is 9.59 Å². The van der Waals surface area contributed by atoms with E-state index in [2.05, 4.69) is 10.2 Å². The smallest absolute Gasteiger partial charge is 0.262 e. The second kappa shape index (κ2) is 10.0. The zero-order chi connectivity index (χ0) is 21.7. The molecule has 0 radical (unpaired) electrons. The standard InChI is InChI=1S/C22H25Cl2N3O3/c1-15(2)22(29)27-11-9-26(10-12-27)18-6-4-17(5-7-18)25-21(28)14-30-20-8-3-16(23)13-19(20)24/h3-8,13,15H,9-12,14H2,1-2H3,(H,25,28). The zero-order valence-corrected chi connectivity index (χ0v) is 18.5. The first kappa shape index (κ1) is 22.2. The SMILES string of the molecule is CC(C)C(=O)N1CCN(c2ccc(NC(=O)COc3ccc(Cl)cc3Cl)cc2)CC1. The maximum Gasteiger partial charge on any atom is 0.262 e. The number of anilines is 2.